The van der Waals surface area contributed by atoms with Crippen molar-refractivity contribution < 1.29 is 18.4 Å². The Bertz CT molecular complexity index is 732. The van der Waals surface area contributed by atoms with Crippen molar-refractivity contribution in [3.63, 3.8) is 0 Å². The van der Waals surface area contributed by atoms with Gasteiger partial charge in [-0.3, -0.25) is 10.1 Å². The van der Waals surface area contributed by atoms with Gasteiger partial charge in [0.25, 0.3) is 5.69 Å². The summed E-state index contributed by atoms with van der Waals surface area (Å²) >= 11 is 0. The number of sulfonamides is 1. The maximum absolute atomic E-state index is 12.7. The predicted octanol–water partition coefficient (Wildman–Crippen LogP) is 2.37. The number of hydrogen-bond donors (Lipinski definition) is 1. The average Bonchev–Trinajstić information content (AvgIpc) is 2.62. The molecule has 1 atom stereocenters. The Morgan fingerprint density at radius 2 is 2.00 bits per heavy atom. The number of anilines is 1. The third kappa shape index (κ3) is 4.16. The molecule has 2 rings (SSSR count). The summed E-state index contributed by atoms with van der Waals surface area (Å²) in [6, 6.07) is 4.16. The number of nitro benzene ring substituents is 1. The van der Waals surface area contributed by atoms with Gasteiger partial charge >= 0.3 is 0 Å². The van der Waals surface area contributed by atoms with Gasteiger partial charge < -0.3 is 10.0 Å². The highest BCUT2D eigenvalue weighted by Crippen LogP contribution is 2.36. The molecule has 0 spiro atoms. The fourth-order valence-corrected chi connectivity index (χ4v) is 5.01. The Hall–Kier alpha value is -1.71. The summed E-state index contributed by atoms with van der Waals surface area (Å²) in [7, 11) is -3.76. The lowest BCUT2D eigenvalue weighted by Crippen LogP contribution is -2.40. The van der Waals surface area contributed by atoms with E-state index in [0.29, 0.717) is 31.7 Å². The third-order valence-corrected chi connectivity index (χ3v) is 6.93. The summed E-state index contributed by atoms with van der Waals surface area (Å²) in [5.74, 6) is 0. The van der Waals surface area contributed by atoms with Crippen LogP contribution in [-0.2, 0) is 10.0 Å². The van der Waals surface area contributed by atoms with Crippen LogP contribution in [0.15, 0.2) is 23.1 Å². The van der Waals surface area contributed by atoms with Gasteiger partial charge in [0.1, 0.15) is 5.69 Å². The van der Waals surface area contributed by atoms with Crippen LogP contribution in [0.3, 0.4) is 0 Å². The average molecular weight is 385 g/mol. The fourth-order valence-electron chi connectivity index (χ4n) is 3.53. The van der Waals surface area contributed by atoms with E-state index < -0.39 is 14.9 Å². The predicted molar refractivity (Wildman–Crippen MR) is 99.9 cm³/mol. The number of benzene rings is 1. The second kappa shape index (κ2) is 8.79. The van der Waals surface area contributed by atoms with E-state index in [2.05, 4.69) is 0 Å². The van der Waals surface area contributed by atoms with Gasteiger partial charge in [-0.05, 0) is 37.8 Å². The fraction of sp³-hybridized carbons (Fsp3) is 0.647. The molecule has 146 valence electrons. The molecule has 1 fully saturated rings. The lowest BCUT2D eigenvalue weighted by atomic mass is 9.98. The van der Waals surface area contributed by atoms with Gasteiger partial charge in [-0.2, -0.15) is 4.31 Å². The van der Waals surface area contributed by atoms with Gasteiger partial charge in [-0.15, -0.1) is 0 Å². The molecule has 8 nitrogen and oxygen atoms in total. The first-order valence-electron chi connectivity index (χ1n) is 9.02. The first kappa shape index (κ1) is 20.6. The van der Waals surface area contributed by atoms with E-state index in [4.69, 9.17) is 0 Å². The Morgan fingerprint density at radius 3 is 2.58 bits per heavy atom. The molecular weight excluding hydrogens is 358 g/mol. The molecular formula is C17H27N3O5S. The largest absolute Gasteiger partial charge is 0.396 e. The molecule has 1 aromatic rings. The Balaban J connectivity index is 2.48. The van der Waals surface area contributed by atoms with Crippen LogP contribution in [-0.4, -0.2) is 55.0 Å². The first-order valence-corrected chi connectivity index (χ1v) is 10.5. The SMILES string of the molecule is CCN(CC)S(=O)(=O)c1ccc(N2CCCCC2CCO)c([N+](=O)[O-])c1. The molecule has 9 heteroatoms. The number of nitro groups is 1. The molecule has 1 unspecified atom stereocenters. The monoisotopic (exact) mass is 385 g/mol. The summed E-state index contributed by atoms with van der Waals surface area (Å²) in [6.07, 6.45) is 3.33. The molecule has 1 aliphatic heterocycles. The minimum Gasteiger partial charge on any atom is -0.396 e. The van der Waals surface area contributed by atoms with Gasteiger partial charge in [-0.1, -0.05) is 13.8 Å². The van der Waals surface area contributed by atoms with Crippen molar-refractivity contribution in [2.24, 2.45) is 0 Å². The third-order valence-electron chi connectivity index (χ3n) is 4.89. The van der Waals surface area contributed by atoms with Crippen LogP contribution in [0.5, 0.6) is 0 Å². The number of aliphatic hydroxyl groups is 1. The van der Waals surface area contributed by atoms with Crippen LogP contribution >= 0.6 is 0 Å². The van der Waals surface area contributed by atoms with Gasteiger partial charge in [0.05, 0.1) is 9.82 Å². The van der Waals surface area contributed by atoms with Gasteiger partial charge in [0.2, 0.25) is 10.0 Å². The van der Waals surface area contributed by atoms with Crippen molar-refractivity contribution in [3.8, 4) is 0 Å². The molecule has 1 N–H and O–H groups in total. The Morgan fingerprint density at radius 1 is 1.31 bits per heavy atom. The van der Waals surface area contributed by atoms with Crippen molar-refractivity contribution in [1.82, 2.24) is 4.31 Å². The van der Waals surface area contributed by atoms with E-state index in [1.807, 2.05) is 4.90 Å². The maximum atomic E-state index is 12.7. The molecule has 0 aromatic heterocycles. The highest BCUT2D eigenvalue weighted by molar-refractivity contribution is 7.89. The van der Waals surface area contributed by atoms with Crippen molar-refractivity contribution >= 4 is 21.4 Å². The second-order valence-electron chi connectivity index (χ2n) is 6.35. The molecule has 1 heterocycles. The minimum atomic E-state index is -3.76. The molecule has 1 aromatic carbocycles. The summed E-state index contributed by atoms with van der Waals surface area (Å²) in [6.45, 7) is 4.75. The van der Waals surface area contributed by atoms with Crippen LogP contribution in [0.4, 0.5) is 11.4 Å². The zero-order valence-corrected chi connectivity index (χ0v) is 16.1. The van der Waals surface area contributed by atoms with E-state index in [1.54, 1.807) is 13.8 Å². The normalized spacial score (nSPS) is 18.3. The molecule has 0 radical (unpaired) electrons. The van der Waals surface area contributed by atoms with Crippen LogP contribution in [0.25, 0.3) is 0 Å². The van der Waals surface area contributed by atoms with E-state index in [0.717, 1.165) is 25.3 Å². The van der Waals surface area contributed by atoms with Crippen molar-refractivity contribution in [1.29, 1.82) is 0 Å². The van der Waals surface area contributed by atoms with Gasteiger partial charge in [0.15, 0.2) is 0 Å². The summed E-state index contributed by atoms with van der Waals surface area (Å²) in [5, 5.41) is 20.9. The number of rotatable bonds is 8. The molecule has 0 amide bonds. The highest BCUT2D eigenvalue weighted by Gasteiger charge is 2.30. The van der Waals surface area contributed by atoms with Crippen molar-refractivity contribution in [3.05, 3.63) is 28.3 Å². The van der Waals surface area contributed by atoms with E-state index in [-0.39, 0.29) is 23.2 Å². The highest BCUT2D eigenvalue weighted by atomic mass is 32.2. The van der Waals surface area contributed by atoms with Crippen LogP contribution < -0.4 is 4.90 Å². The van der Waals surface area contributed by atoms with E-state index in [1.165, 1.54) is 16.4 Å². The van der Waals surface area contributed by atoms with Crippen LogP contribution in [0, 0.1) is 10.1 Å². The van der Waals surface area contributed by atoms with Crippen molar-refractivity contribution in [2.75, 3.05) is 31.1 Å². The Labute approximate surface area is 154 Å². The minimum absolute atomic E-state index is 0.0172. The lowest BCUT2D eigenvalue weighted by Gasteiger charge is -2.37. The van der Waals surface area contributed by atoms with Crippen LogP contribution in [0.2, 0.25) is 0 Å². The second-order valence-corrected chi connectivity index (χ2v) is 8.29. The molecule has 0 bridgehead atoms. The van der Waals surface area contributed by atoms with Gasteiger partial charge in [-0.25, -0.2) is 8.42 Å². The smallest absolute Gasteiger partial charge is 0.293 e. The number of nitrogens with zero attached hydrogens (tertiary/aromatic N) is 3. The number of aliphatic hydroxyl groups excluding tert-OH is 1. The van der Waals surface area contributed by atoms with E-state index >= 15 is 0 Å². The molecule has 1 saturated heterocycles. The van der Waals surface area contributed by atoms with Crippen molar-refractivity contribution in [2.45, 2.75) is 50.5 Å². The molecule has 1 aliphatic rings. The molecule has 0 saturated carbocycles. The lowest BCUT2D eigenvalue weighted by molar-refractivity contribution is -0.384. The van der Waals surface area contributed by atoms with Crippen LogP contribution in [0.1, 0.15) is 39.5 Å². The summed E-state index contributed by atoms with van der Waals surface area (Å²) in [5.41, 5.74) is 0.217. The molecule has 0 aliphatic carbocycles. The quantitative estimate of drug-likeness (QED) is 0.544. The standard InChI is InChI=1S/C17H27N3O5S/c1-3-18(4-2)26(24,25)15-8-9-16(17(13-15)20(22)23)19-11-6-5-7-14(19)10-12-21/h8-9,13-14,21H,3-7,10-12H2,1-2H3. The Kier molecular flexibility index (Phi) is 6.96. The zero-order valence-electron chi connectivity index (χ0n) is 15.3. The molecule has 26 heavy (non-hydrogen) atoms. The number of piperidine rings is 1. The van der Waals surface area contributed by atoms with E-state index in [9.17, 15) is 23.6 Å². The maximum Gasteiger partial charge on any atom is 0.293 e. The first-order chi connectivity index (χ1) is 12.4. The summed E-state index contributed by atoms with van der Waals surface area (Å²) in [4.78, 5) is 13.0. The van der Waals surface area contributed by atoms with Gasteiger partial charge in [0, 0.05) is 38.3 Å². The topological polar surface area (TPSA) is 104 Å². The number of hydrogen-bond acceptors (Lipinski definition) is 6. The zero-order chi connectivity index (χ0) is 19.3. The summed E-state index contributed by atoms with van der Waals surface area (Å²) < 4.78 is 26.6.